The van der Waals surface area contributed by atoms with Gasteiger partial charge in [-0.05, 0) is 17.7 Å². The predicted molar refractivity (Wildman–Crippen MR) is 102 cm³/mol. The molecule has 0 unspecified atom stereocenters. The number of hydrogen-bond donors (Lipinski definition) is 0. The first-order valence-electron chi connectivity index (χ1n) is 9.39. The highest BCUT2D eigenvalue weighted by atomic mass is 16.5. The molecule has 0 atom stereocenters. The number of rotatable bonds is 7. The van der Waals surface area contributed by atoms with Gasteiger partial charge in [-0.25, -0.2) is 0 Å². The molecule has 146 valence electrons. The van der Waals surface area contributed by atoms with Crippen molar-refractivity contribution in [2.75, 3.05) is 32.8 Å². The Bertz CT molecular complexity index is 868. The fourth-order valence-electron chi connectivity index (χ4n) is 3.25. The number of benzene rings is 1. The van der Waals surface area contributed by atoms with Crippen LogP contribution in [0.4, 0.5) is 0 Å². The zero-order valence-electron chi connectivity index (χ0n) is 15.6. The molecule has 1 aromatic carbocycles. The molecule has 1 amide bonds. The molecule has 0 N–H and O–H groups in total. The van der Waals surface area contributed by atoms with Crippen LogP contribution < -0.4 is 0 Å². The van der Waals surface area contributed by atoms with Crippen LogP contribution in [0.2, 0.25) is 0 Å². The van der Waals surface area contributed by atoms with Gasteiger partial charge in [0.25, 0.3) is 0 Å². The molecule has 3 aromatic rings. The van der Waals surface area contributed by atoms with Crippen molar-refractivity contribution in [2.45, 2.75) is 13.2 Å². The summed E-state index contributed by atoms with van der Waals surface area (Å²) in [6.45, 7) is 4.38. The SMILES string of the molecule is O=C(COCc1cc(-c2ccco2)on1)N1CCN(Cc2ccccc2)CC1. The monoisotopic (exact) mass is 381 g/mol. The predicted octanol–water partition coefficient (Wildman–Crippen LogP) is 2.80. The normalized spacial score (nSPS) is 15.1. The Kier molecular flexibility index (Phi) is 5.84. The van der Waals surface area contributed by atoms with E-state index < -0.39 is 0 Å². The summed E-state index contributed by atoms with van der Waals surface area (Å²) in [5.74, 6) is 1.17. The highest BCUT2D eigenvalue weighted by Crippen LogP contribution is 2.20. The molecule has 4 rings (SSSR count). The van der Waals surface area contributed by atoms with Crippen LogP contribution in [-0.4, -0.2) is 53.6 Å². The Morgan fingerprint density at radius 3 is 2.61 bits per heavy atom. The highest BCUT2D eigenvalue weighted by molar-refractivity contribution is 5.77. The van der Waals surface area contributed by atoms with E-state index in [0.29, 0.717) is 17.2 Å². The Hall–Kier alpha value is -2.90. The van der Waals surface area contributed by atoms with E-state index in [1.54, 1.807) is 24.5 Å². The number of nitrogens with zero attached hydrogens (tertiary/aromatic N) is 3. The minimum absolute atomic E-state index is 0.00844. The Labute approximate surface area is 163 Å². The van der Waals surface area contributed by atoms with Gasteiger partial charge < -0.3 is 18.6 Å². The van der Waals surface area contributed by atoms with Crippen molar-refractivity contribution in [1.29, 1.82) is 0 Å². The van der Waals surface area contributed by atoms with Crippen LogP contribution in [0.3, 0.4) is 0 Å². The largest absolute Gasteiger partial charge is 0.461 e. The molecule has 0 radical (unpaired) electrons. The Balaban J connectivity index is 1.18. The third-order valence-corrected chi connectivity index (χ3v) is 4.77. The minimum Gasteiger partial charge on any atom is -0.461 e. The summed E-state index contributed by atoms with van der Waals surface area (Å²) in [5.41, 5.74) is 1.93. The van der Waals surface area contributed by atoms with Crippen LogP contribution in [0.15, 0.2) is 63.7 Å². The van der Waals surface area contributed by atoms with E-state index in [1.807, 2.05) is 11.0 Å². The van der Waals surface area contributed by atoms with Crippen LogP contribution in [0.25, 0.3) is 11.5 Å². The average molecular weight is 381 g/mol. The van der Waals surface area contributed by atoms with Gasteiger partial charge in [0.15, 0.2) is 5.76 Å². The number of ether oxygens (including phenoxy) is 1. The van der Waals surface area contributed by atoms with Crippen LogP contribution in [0.5, 0.6) is 0 Å². The van der Waals surface area contributed by atoms with Gasteiger partial charge in [-0.1, -0.05) is 35.5 Å². The Morgan fingerprint density at radius 2 is 1.86 bits per heavy atom. The van der Waals surface area contributed by atoms with Crippen LogP contribution in [-0.2, 0) is 22.7 Å². The molecule has 1 fully saturated rings. The number of carbonyl (C=O) groups is 1. The second-order valence-electron chi connectivity index (χ2n) is 6.80. The van der Waals surface area contributed by atoms with E-state index in [2.05, 4.69) is 34.3 Å². The lowest BCUT2D eigenvalue weighted by Crippen LogP contribution is -2.49. The van der Waals surface area contributed by atoms with E-state index in [9.17, 15) is 4.79 Å². The number of hydrogen-bond acceptors (Lipinski definition) is 6. The van der Waals surface area contributed by atoms with Gasteiger partial charge in [0.1, 0.15) is 12.3 Å². The number of aromatic nitrogens is 1. The molecule has 1 aliphatic heterocycles. The van der Waals surface area contributed by atoms with Crippen LogP contribution in [0.1, 0.15) is 11.3 Å². The fraction of sp³-hybridized carbons (Fsp3) is 0.333. The van der Waals surface area contributed by atoms with E-state index >= 15 is 0 Å². The molecule has 2 aromatic heterocycles. The van der Waals surface area contributed by atoms with E-state index in [0.717, 1.165) is 32.7 Å². The number of furan rings is 1. The summed E-state index contributed by atoms with van der Waals surface area (Å²) in [5, 5.41) is 3.94. The molecule has 3 heterocycles. The van der Waals surface area contributed by atoms with Crippen molar-refractivity contribution in [1.82, 2.24) is 15.0 Å². The van der Waals surface area contributed by atoms with Crippen molar-refractivity contribution in [2.24, 2.45) is 0 Å². The van der Waals surface area contributed by atoms with Gasteiger partial charge in [0.2, 0.25) is 11.7 Å². The first kappa shape index (κ1) is 18.5. The van der Waals surface area contributed by atoms with Crippen LogP contribution >= 0.6 is 0 Å². The molecular formula is C21H23N3O4. The van der Waals surface area contributed by atoms with Crippen molar-refractivity contribution in [3.05, 3.63) is 66.1 Å². The van der Waals surface area contributed by atoms with Crippen molar-refractivity contribution in [3.8, 4) is 11.5 Å². The summed E-state index contributed by atoms with van der Waals surface area (Å²) in [6.07, 6.45) is 1.58. The maximum absolute atomic E-state index is 12.4. The maximum Gasteiger partial charge on any atom is 0.248 e. The molecule has 1 saturated heterocycles. The summed E-state index contributed by atoms with van der Waals surface area (Å²) < 4.78 is 16.0. The third-order valence-electron chi connectivity index (χ3n) is 4.77. The van der Waals surface area contributed by atoms with E-state index in [-0.39, 0.29) is 19.1 Å². The lowest BCUT2D eigenvalue weighted by molar-refractivity contribution is -0.138. The van der Waals surface area contributed by atoms with E-state index in [1.165, 1.54) is 5.56 Å². The summed E-state index contributed by atoms with van der Waals surface area (Å²) in [7, 11) is 0. The first-order chi connectivity index (χ1) is 13.8. The molecule has 0 aliphatic carbocycles. The smallest absolute Gasteiger partial charge is 0.248 e. The van der Waals surface area contributed by atoms with Crippen molar-refractivity contribution < 1.29 is 18.5 Å². The molecule has 1 aliphatic rings. The molecule has 7 nitrogen and oxygen atoms in total. The second-order valence-corrected chi connectivity index (χ2v) is 6.80. The molecule has 0 saturated carbocycles. The van der Waals surface area contributed by atoms with Gasteiger partial charge >= 0.3 is 0 Å². The number of amides is 1. The number of piperazine rings is 1. The average Bonchev–Trinajstić information content (AvgIpc) is 3.41. The lowest BCUT2D eigenvalue weighted by atomic mass is 10.2. The molecule has 7 heteroatoms. The minimum atomic E-state index is 0.00844. The summed E-state index contributed by atoms with van der Waals surface area (Å²) in [4.78, 5) is 16.6. The molecular weight excluding hydrogens is 358 g/mol. The maximum atomic E-state index is 12.4. The van der Waals surface area contributed by atoms with Gasteiger partial charge in [-0.2, -0.15) is 0 Å². The number of carbonyl (C=O) groups excluding carboxylic acids is 1. The summed E-state index contributed by atoms with van der Waals surface area (Å²) >= 11 is 0. The lowest BCUT2D eigenvalue weighted by Gasteiger charge is -2.34. The van der Waals surface area contributed by atoms with Crippen LogP contribution in [0, 0.1) is 0 Å². The highest BCUT2D eigenvalue weighted by Gasteiger charge is 2.21. The van der Waals surface area contributed by atoms with Gasteiger partial charge in [0.05, 0.1) is 12.9 Å². The third kappa shape index (κ3) is 4.68. The van der Waals surface area contributed by atoms with Crippen molar-refractivity contribution >= 4 is 5.91 Å². The Morgan fingerprint density at radius 1 is 1.04 bits per heavy atom. The zero-order chi connectivity index (χ0) is 19.2. The van der Waals surface area contributed by atoms with Crippen molar-refractivity contribution in [3.63, 3.8) is 0 Å². The summed E-state index contributed by atoms with van der Waals surface area (Å²) in [6, 6.07) is 15.7. The molecule has 28 heavy (non-hydrogen) atoms. The standard InChI is InChI=1S/C21H23N3O4/c25-21(16-26-15-18-13-20(28-22-18)19-7-4-12-27-19)24-10-8-23(9-11-24)14-17-5-2-1-3-6-17/h1-7,12-13H,8-11,14-16H2. The first-order valence-corrected chi connectivity index (χ1v) is 9.39. The molecule has 0 bridgehead atoms. The topological polar surface area (TPSA) is 71.9 Å². The quantitative estimate of drug-likeness (QED) is 0.627. The van der Waals surface area contributed by atoms with E-state index in [4.69, 9.17) is 13.7 Å². The second kappa shape index (κ2) is 8.86. The fourth-order valence-corrected chi connectivity index (χ4v) is 3.25. The van der Waals surface area contributed by atoms with Gasteiger partial charge in [-0.3, -0.25) is 9.69 Å². The van der Waals surface area contributed by atoms with Gasteiger partial charge in [0, 0.05) is 38.8 Å². The zero-order valence-corrected chi connectivity index (χ0v) is 15.6. The molecule has 0 spiro atoms. The van der Waals surface area contributed by atoms with Gasteiger partial charge in [-0.15, -0.1) is 0 Å².